The number of carbonyl (C=O) groups is 1. The Bertz CT molecular complexity index is 1090. The number of rotatable bonds is 7. The van der Waals surface area contributed by atoms with Gasteiger partial charge in [0.1, 0.15) is 0 Å². The van der Waals surface area contributed by atoms with Crippen LogP contribution < -0.4 is 15.1 Å². The Morgan fingerprint density at radius 1 is 1.26 bits per heavy atom. The number of ether oxygens (including phenoxy) is 2. The summed E-state index contributed by atoms with van der Waals surface area (Å²) in [6.07, 6.45) is 5.39. The van der Waals surface area contributed by atoms with Gasteiger partial charge >= 0.3 is 5.91 Å². The summed E-state index contributed by atoms with van der Waals surface area (Å²) in [6.45, 7) is 12.6. The Morgan fingerprint density at radius 3 is 2.62 bits per heavy atom. The van der Waals surface area contributed by atoms with Crippen molar-refractivity contribution in [3.63, 3.8) is 0 Å². The summed E-state index contributed by atoms with van der Waals surface area (Å²) in [5, 5.41) is 21.4. The van der Waals surface area contributed by atoms with Crippen LogP contribution in [0.5, 0.6) is 5.75 Å². The Morgan fingerprint density at radius 2 is 2.00 bits per heavy atom. The summed E-state index contributed by atoms with van der Waals surface area (Å²) < 4.78 is 11.1. The molecule has 182 valence electrons. The third kappa shape index (κ3) is 5.74. The molecule has 0 spiro atoms. The molecule has 34 heavy (non-hydrogen) atoms. The van der Waals surface area contributed by atoms with Crippen LogP contribution in [0.25, 0.3) is 6.08 Å². The summed E-state index contributed by atoms with van der Waals surface area (Å²) in [7, 11) is 1.42. The quantitative estimate of drug-likeness (QED) is 0.215. The standard InChI is InChI=1S/C27H34N2O5/c1-18-9-7-10-22(24-11-8-16-34-24)21(18)14-12-19(2)26(30)28-29(31,32)23-17-20(27(3,4)5)13-15-25(23)33-6/h7,9-10,12-15,17,24,31-32H,2,8,11,16H2,1,3-6H3/p+1/b14-12-. The average molecular weight is 468 g/mol. The predicted octanol–water partition coefficient (Wildman–Crippen LogP) is 5.54. The van der Waals surface area contributed by atoms with Crippen LogP contribution >= 0.6 is 0 Å². The summed E-state index contributed by atoms with van der Waals surface area (Å²) in [5.41, 5.74) is 5.95. The van der Waals surface area contributed by atoms with E-state index in [1.165, 1.54) is 7.11 Å². The molecule has 0 aromatic heterocycles. The zero-order chi connectivity index (χ0) is 25.1. The van der Waals surface area contributed by atoms with Crippen molar-refractivity contribution in [1.29, 1.82) is 0 Å². The lowest BCUT2D eigenvalue weighted by atomic mass is 9.87. The van der Waals surface area contributed by atoms with Crippen LogP contribution in [-0.4, -0.2) is 30.0 Å². The molecular formula is C27H35N2O5+. The fourth-order valence-electron chi connectivity index (χ4n) is 3.97. The highest BCUT2D eigenvalue weighted by Gasteiger charge is 2.36. The van der Waals surface area contributed by atoms with Gasteiger partial charge in [-0.2, -0.15) is 0 Å². The maximum Gasteiger partial charge on any atom is 0.301 e. The highest BCUT2D eigenvalue weighted by molar-refractivity contribution is 5.96. The van der Waals surface area contributed by atoms with Crippen molar-refractivity contribution in [2.75, 3.05) is 13.7 Å². The van der Waals surface area contributed by atoms with Gasteiger partial charge in [-0.25, -0.2) is 0 Å². The molecule has 0 saturated carbocycles. The second-order valence-corrected chi connectivity index (χ2v) is 9.62. The van der Waals surface area contributed by atoms with E-state index in [4.69, 9.17) is 9.47 Å². The molecule has 1 fully saturated rings. The van der Waals surface area contributed by atoms with Crippen molar-refractivity contribution >= 4 is 17.7 Å². The minimum absolute atomic E-state index is 0.0142. The Labute approximate surface area is 201 Å². The zero-order valence-corrected chi connectivity index (χ0v) is 20.6. The van der Waals surface area contributed by atoms with Gasteiger partial charge in [-0.05, 0) is 59.6 Å². The topological polar surface area (TPSA) is 88.0 Å². The van der Waals surface area contributed by atoms with Crippen molar-refractivity contribution in [1.82, 2.24) is 10.3 Å². The van der Waals surface area contributed by atoms with Gasteiger partial charge in [-0.15, -0.1) is 15.8 Å². The first-order valence-corrected chi connectivity index (χ1v) is 11.4. The molecule has 0 radical (unpaired) electrons. The minimum Gasteiger partial charge on any atom is -0.491 e. The van der Waals surface area contributed by atoms with Crippen LogP contribution in [0.4, 0.5) is 5.69 Å². The summed E-state index contributed by atoms with van der Waals surface area (Å²) >= 11 is 0. The Hall–Kier alpha value is -2.97. The largest absolute Gasteiger partial charge is 0.491 e. The van der Waals surface area contributed by atoms with E-state index in [2.05, 4.69) is 12.0 Å². The first-order chi connectivity index (χ1) is 15.9. The predicted molar refractivity (Wildman–Crippen MR) is 132 cm³/mol. The molecule has 0 bridgehead atoms. The van der Waals surface area contributed by atoms with Gasteiger partial charge in [0.25, 0.3) is 5.69 Å². The van der Waals surface area contributed by atoms with Crippen molar-refractivity contribution < 1.29 is 24.7 Å². The van der Waals surface area contributed by atoms with Crippen LogP contribution in [0.2, 0.25) is 0 Å². The van der Waals surface area contributed by atoms with Gasteiger partial charge in [0.05, 0.1) is 18.1 Å². The molecule has 1 amide bonds. The lowest BCUT2D eigenvalue weighted by Gasteiger charge is -2.25. The zero-order valence-electron chi connectivity index (χ0n) is 20.6. The first kappa shape index (κ1) is 25.6. The van der Waals surface area contributed by atoms with Gasteiger partial charge in [0.2, 0.25) is 0 Å². The van der Waals surface area contributed by atoms with Gasteiger partial charge in [-0.1, -0.05) is 57.7 Å². The van der Waals surface area contributed by atoms with E-state index in [1.807, 2.05) is 58.0 Å². The van der Waals surface area contributed by atoms with Crippen LogP contribution in [-0.2, 0) is 14.9 Å². The van der Waals surface area contributed by atoms with Crippen LogP contribution in [0.15, 0.2) is 54.6 Å². The van der Waals surface area contributed by atoms with Crippen molar-refractivity contribution in [3.05, 3.63) is 76.9 Å². The van der Waals surface area contributed by atoms with Crippen LogP contribution in [0.3, 0.4) is 0 Å². The number of carbonyl (C=O) groups excluding carboxylic acids is 1. The number of hydrogen-bond acceptors (Lipinski definition) is 5. The second-order valence-electron chi connectivity index (χ2n) is 9.62. The lowest BCUT2D eigenvalue weighted by Crippen LogP contribution is -2.57. The van der Waals surface area contributed by atoms with E-state index in [1.54, 1.807) is 18.2 Å². The fourth-order valence-corrected chi connectivity index (χ4v) is 3.97. The Kier molecular flexibility index (Phi) is 7.63. The number of benzene rings is 2. The molecule has 2 aromatic rings. The third-order valence-corrected chi connectivity index (χ3v) is 6.02. The molecule has 0 aliphatic carbocycles. The van der Waals surface area contributed by atoms with Crippen LogP contribution in [0.1, 0.15) is 62.0 Å². The van der Waals surface area contributed by atoms with Crippen molar-refractivity contribution in [2.45, 2.75) is 52.1 Å². The minimum atomic E-state index is -1.87. The number of nitrogens with one attached hydrogen (secondary N) is 1. The normalized spacial score (nSPS) is 16.6. The molecule has 7 nitrogen and oxygen atoms in total. The van der Waals surface area contributed by atoms with E-state index in [0.29, 0.717) is 0 Å². The molecule has 7 heteroatoms. The number of amides is 1. The average Bonchev–Trinajstić information content (AvgIpc) is 3.31. The SMILES string of the molecule is C=C(/C=C\c1c(C)cccc1C1CCCO1)C(=O)N[N+](O)(O)c1cc(C(C)(C)C)ccc1OC. The van der Waals surface area contributed by atoms with Gasteiger partial charge in [-0.3, -0.25) is 4.79 Å². The van der Waals surface area contributed by atoms with E-state index >= 15 is 0 Å². The molecule has 2 aromatic carbocycles. The maximum absolute atomic E-state index is 12.8. The third-order valence-electron chi connectivity index (χ3n) is 6.02. The molecule has 1 aliphatic heterocycles. The van der Waals surface area contributed by atoms with E-state index in [-0.39, 0.29) is 28.5 Å². The lowest BCUT2D eigenvalue weighted by molar-refractivity contribution is -0.318. The molecular weight excluding hydrogens is 432 g/mol. The molecule has 1 heterocycles. The Balaban J connectivity index is 1.81. The summed E-state index contributed by atoms with van der Waals surface area (Å²) in [4.78, 5) is 10.9. The molecule has 3 rings (SSSR count). The number of methoxy groups -OCH3 is 1. The molecule has 3 N–H and O–H groups in total. The molecule has 1 saturated heterocycles. The monoisotopic (exact) mass is 467 g/mol. The van der Waals surface area contributed by atoms with Gasteiger partial charge in [0.15, 0.2) is 5.75 Å². The first-order valence-electron chi connectivity index (χ1n) is 11.4. The summed E-state index contributed by atoms with van der Waals surface area (Å²) in [5.74, 6) is -0.516. The highest BCUT2D eigenvalue weighted by Crippen LogP contribution is 2.35. The van der Waals surface area contributed by atoms with Gasteiger partial charge < -0.3 is 9.47 Å². The molecule has 1 unspecified atom stereocenters. The summed E-state index contributed by atoms with van der Waals surface area (Å²) in [6, 6.07) is 11.1. The number of aryl methyl sites for hydroxylation is 1. The highest BCUT2D eigenvalue weighted by atomic mass is 16.9. The van der Waals surface area contributed by atoms with Crippen molar-refractivity contribution in [3.8, 4) is 5.75 Å². The van der Waals surface area contributed by atoms with E-state index < -0.39 is 10.8 Å². The number of nitrogens with zero attached hydrogens (tertiary/aromatic N) is 1. The van der Waals surface area contributed by atoms with E-state index in [9.17, 15) is 15.2 Å². The van der Waals surface area contributed by atoms with E-state index in [0.717, 1.165) is 41.7 Å². The fraction of sp³-hybridized carbons (Fsp3) is 0.370. The van der Waals surface area contributed by atoms with Gasteiger partial charge in [0, 0.05) is 18.2 Å². The van der Waals surface area contributed by atoms with Crippen molar-refractivity contribution in [2.24, 2.45) is 0 Å². The van der Waals surface area contributed by atoms with Crippen LogP contribution in [0, 0.1) is 6.92 Å². The maximum atomic E-state index is 12.8. The number of quaternary nitrogens is 1. The molecule has 1 aliphatic rings. The second kappa shape index (κ2) is 10.1. The smallest absolute Gasteiger partial charge is 0.301 e. The molecule has 1 atom stereocenters. The number of hydrogen-bond donors (Lipinski definition) is 3.